The summed E-state index contributed by atoms with van der Waals surface area (Å²) in [7, 11) is 2.12. The van der Waals surface area contributed by atoms with Crippen LogP contribution in [0.2, 0.25) is 0 Å². The Morgan fingerprint density at radius 1 is 1.36 bits per heavy atom. The fraction of sp³-hybridized carbons (Fsp3) is 0.500. The third kappa shape index (κ3) is 2.66. The van der Waals surface area contributed by atoms with Crippen LogP contribution in [0.5, 0.6) is 0 Å². The molecule has 0 saturated carbocycles. The first-order chi connectivity index (χ1) is 6.65. The Bertz CT molecular complexity index is 294. The molecule has 0 aliphatic carbocycles. The number of nitrogens with two attached hydrogens (primary N) is 1. The maximum absolute atomic E-state index is 5.77. The van der Waals surface area contributed by atoms with Gasteiger partial charge in [-0.3, -0.25) is 0 Å². The molecule has 0 aliphatic rings. The van der Waals surface area contributed by atoms with E-state index in [4.69, 9.17) is 5.73 Å². The second-order valence-electron chi connectivity index (χ2n) is 3.82. The predicted octanol–water partition coefficient (Wildman–Crippen LogP) is 2.81. The number of nitrogen functional groups attached to an aromatic ring is 1. The zero-order chi connectivity index (χ0) is 10.6. The van der Waals surface area contributed by atoms with E-state index in [0.29, 0.717) is 0 Å². The van der Waals surface area contributed by atoms with Crippen molar-refractivity contribution < 1.29 is 0 Å². The fourth-order valence-corrected chi connectivity index (χ4v) is 1.55. The summed E-state index contributed by atoms with van der Waals surface area (Å²) in [4.78, 5) is 2.27. The molecule has 1 aromatic carbocycles. The number of rotatable bonds is 4. The van der Waals surface area contributed by atoms with E-state index in [1.807, 2.05) is 12.1 Å². The molecular weight excluding hydrogens is 172 g/mol. The number of hydrogen-bond donors (Lipinski definition) is 1. The van der Waals surface area contributed by atoms with E-state index in [1.165, 1.54) is 24.1 Å². The summed E-state index contributed by atoms with van der Waals surface area (Å²) >= 11 is 0. The summed E-state index contributed by atoms with van der Waals surface area (Å²) in [5.74, 6) is 0. The highest BCUT2D eigenvalue weighted by atomic mass is 15.1. The Labute approximate surface area is 86.7 Å². The minimum absolute atomic E-state index is 0.842. The second kappa shape index (κ2) is 4.89. The quantitative estimate of drug-likeness (QED) is 0.743. The summed E-state index contributed by atoms with van der Waals surface area (Å²) in [6.45, 7) is 5.43. The lowest BCUT2D eigenvalue weighted by Crippen LogP contribution is -2.19. The third-order valence-electron chi connectivity index (χ3n) is 2.49. The zero-order valence-electron chi connectivity index (χ0n) is 9.38. The van der Waals surface area contributed by atoms with Crippen molar-refractivity contribution in [2.45, 2.75) is 26.7 Å². The average molecular weight is 192 g/mol. The van der Waals surface area contributed by atoms with Crippen molar-refractivity contribution in [3.05, 3.63) is 23.8 Å². The predicted molar refractivity (Wildman–Crippen MR) is 63.8 cm³/mol. The topological polar surface area (TPSA) is 29.3 Å². The average Bonchev–Trinajstić information content (AvgIpc) is 2.18. The SMILES string of the molecule is CCCCN(C)c1cc(N)ccc1C. The fourth-order valence-electron chi connectivity index (χ4n) is 1.55. The standard InChI is InChI=1S/C12H20N2/c1-4-5-8-14(3)12-9-11(13)7-6-10(12)2/h6-7,9H,4-5,8,13H2,1-3H3. The van der Waals surface area contributed by atoms with Gasteiger partial charge in [-0.15, -0.1) is 0 Å². The van der Waals surface area contributed by atoms with Crippen LogP contribution in [-0.4, -0.2) is 13.6 Å². The van der Waals surface area contributed by atoms with Gasteiger partial charge in [-0.05, 0) is 31.0 Å². The molecule has 78 valence electrons. The van der Waals surface area contributed by atoms with E-state index in [9.17, 15) is 0 Å². The molecule has 0 aliphatic heterocycles. The van der Waals surface area contributed by atoms with Crippen LogP contribution in [-0.2, 0) is 0 Å². The largest absolute Gasteiger partial charge is 0.399 e. The van der Waals surface area contributed by atoms with Crippen molar-refractivity contribution in [1.29, 1.82) is 0 Å². The molecule has 2 nitrogen and oxygen atoms in total. The molecule has 0 saturated heterocycles. The molecule has 2 N–H and O–H groups in total. The third-order valence-corrected chi connectivity index (χ3v) is 2.49. The van der Waals surface area contributed by atoms with Crippen LogP contribution >= 0.6 is 0 Å². The van der Waals surface area contributed by atoms with Gasteiger partial charge in [-0.25, -0.2) is 0 Å². The molecule has 0 unspecified atom stereocenters. The van der Waals surface area contributed by atoms with Crippen LogP contribution in [0.15, 0.2) is 18.2 Å². The highest BCUT2D eigenvalue weighted by molar-refractivity contribution is 5.60. The highest BCUT2D eigenvalue weighted by Crippen LogP contribution is 2.21. The molecule has 0 heterocycles. The Morgan fingerprint density at radius 3 is 2.71 bits per heavy atom. The Balaban J connectivity index is 2.77. The lowest BCUT2D eigenvalue weighted by atomic mass is 10.1. The van der Waals surface area contributed by atoms with Crippen LogP contribution in [0.4, 0.5) is 11.4 Å². The van der Waals surface area contributed by atoms with Gasteiger partial charge in [0, 0.05) is 25.0 Å². The van der Waals surface area contributed by atoms with Crippen LogP contribution in [0.25, 0.3) is 0 Å². The number of hydrogen-bond acceptors (Lipinski definition) is 2. The molecule has 0 aromatic heterocycles. The molecule has 2 heteroatoms. The molecule has 1 aromatic rings. The van der Waals surface area contributed by atoms with Crippen molar-refractivity contribution in [2.24, 2.45) is 0 Å². The normalized spacial score (nSPS) is 10.2. The van der Waals surface area contributed by atoms with Gasteiger partial charge >= 0.3 is 0 Å². The monoisotopic (exact) mass is 192 g/mol. The van der Waals surface area contributed by atoms with Gasteiger partial charge in [0.2, 0.25) is 0 Å². The van der Waals surface area contributed by atoms with Crippen molar-refractivity contribution >= 4 is 11.4 Å². The Hall–Kier alpha value is -1.18. The van der Waals surface area contributed by atoms with Gasteiger partial charge in [0.15, 0.2) is 0 Å². The molecule has 0 atom stereocenters. The van der Waals surface area contributed by atoms with Gasteiger partial charge in [-0.2, -0.15) is 0 Å². The van der Waals surface area contributed by atoms with Crippen LogP contribution in [0, 0.1) is 6.92 Å². The lowest BCUT2D eigenvalue weighted by molar-refractivity contribution is 0.765. The van der Waals surface area contributed by atoms with Crippen LogP contribution < -0.4 is 10.6 Å². The molecule has 1 rings (SSSR count). The molecule has 0 bridgehead atoms. The summed E-state index contributed by atoms with van der Waals surface area (Å²) in [6, 6.07) is 6.07. The molecule has 14 heavy (non-hydrogen) atoms. The summed E-state index contributed by atoms with van der Waals surface area (Å²) < 4.78 is 0. The van der Waals surface area contributed by atoms with Crippen LogP contribution in [0.1, 0.15) is 25.3 Å². The van der Waals surface area contributed by atoms with E-state index < -0.39 is 0 Å². The molecule has 0 spiro atoms. The Kier molecular flexibility index (Phi) is 3.81. The summed E-state index contributed by atoms with van der Waals surface area (Å²) in [5.41, 5.74) is 9.15. The summed E-state index contributed by atoms with van der Waals surface area (Å²) in [6.07, 6.45) is 2.45. The first-order valence-electron chi connectivity index (χ1n) is 5.22. The van der Waals surface area contributed by atoms with Gasteiger partial charge in [0.25, 0.3) is 0 Å². The highest BCUT2D eigenvalue weighted by Gasteiger charge is 2.03. The van der Waals surface area contributed by atoms with Gasteiger partial charge in [0.05, 0.1) is 0 Å². The number of unbranched alkanes of at least 4 members (excludes halogenated alkanes) is 1. The van der Waals surface area contributed by atoms with Crippen molar-refractivity contribution in [3.8, 4) is 0 Å². The van der Waals surface area contributed by atoms with E-state index in [0.717, 1.165) is 12.2 Å². The first kappa shape index (κ1) is 10.9. The molecule has 0 radical (unpaired) electrons. The van der Waals surface area contributed by atoms with Gasteiger partial charge in [0.1, 0.15) is 0 Å². The molecular formula is C12H20N2. The van der Waals surface area contributed by atoms with E-state index >= 15 is 0 Å². The molecule has 0 fully saturated rings. The smallest absolute Gasteiger partial charge is 0.0413 e. The Morgan fingerprint density at radius 2 is 2.07 bits per heavy atom. The minimum Gasteiger partial charge on any atom is -0.399 e. The number of aryl methyl sites for hydroxylation is 1. The van der Waals surface area contributed by atoms with Gasteiger partial charge < -0.3 is 10.6 Å². The van der Waals surface area contributed by atoms with E-state index in [1.54, 1.807) is 0 Å². The maximum atomic E-state index is 5.77. The van der Waals surface area contributed by atoms with Crippen LogP contribution in [0.3, 0.4) is 0 Å². The second-order valence-corrected chi connectivity index (χ2v) is 3.82. The first-order valence-corrected chi connectivity index (χ1v) is 5.22. The van der Waals surface area contributed by atoms with Crippen molar-refractivity contribution in [2.75, 3.05) is 24.2 Å². The number of benzene rings is 1. The molecule has 0 amide bonds. The van der Waals surface area contributed by atoms with E-state index in [2.05, 4.69) is 31.9 Å². The minimum atomic E-state index is 0.842. The van der Waals surface area contributed by atoms with Gasteiger partial charge in [-0.1, -0.05) is 19.4 Å². The van der Waals surface area contributed by atoms with Crippen molar-refractivity contribution in [3.63, 3.8) is 0 Å². The number of nitrogens with zero attached hydrogens (tertiary/aromatic N) is 1. The number of anilines is 2. The van der Waals surface area contributed by atoms with Crippen molar-refractivity contribution in [1.82, 2.24) is 0 Å². The van der Waals surface area contributed by atoms with E-state index in [-0.39, 0.29) is 0 Å². The maximum Gasteiger partial charge on any atom is 0.0413 e. The summed E-state index contributed by atoms with van der Waals surface area (Å²) in [5, 5.41) is 0. The lowest BCUT2D eigenvalue weighted by Gasteiger charge is -2.21. The zero-order valence-corrected chi connectivity index (χ0v) is 9.38.